The van der Waals surface area contributed by atoms with E-state index >= 15 is 0 Å². The highest BCUT2D eigenvalue weighted by molar-refractivity contribution is 5.70. The second-order valence-electron chi connectivity index (χ2n) is 20.8. The van der Waals surface area contributed by atoms with Crippen molar-refractivity contribution < 1.29 is 73.8 Å². The summed E-state index contributed by atoms with van der Waals surface area (Å²) >= 11 is 0. The summed E-state index contributed by atoms with van der Waals surface area (Å²) in [5, 5.41) is 72.2. The van der Waals surface area contributed by atoms with E-state index in [0.717, 1.165) is 38.5 Å². The minimum Gasteiger partial charge on any atom is -0.462 e. The lowest BCUT2D eigenvalue weighted by Gasteiger charge is -2.42. The van der Waals surface area contributed by atoms with E-state index in [2.05, 4.69) is 13.8 Å². The molecule has 4 unspecified atom stereocenters. The van der Waals surface area contributed by atoms with Gasteiger partial charge in [-0.05, 0) is 12.8 Å². The molecule has 2 saturated heterocycles. The van der Waals surface area contributed by atoms with Crippen molar-refractivity contribution in [1.29, 1.82) is 0 Å². The quantitative estimate of drug-likeness (QED) is 0.0222. The molecular weight excluding hydrogens is 913 g/mol. The molecule has 7 N–H and O–H groups in total. The predicted molar refractivity (Wildman–Crippen MR) is 275 cm³/mol. The van der Waals surface area contributed by atoms with E-state index in [9.17, 15) is 45.3 Å². The lowest BCUT2D eigenvalue weighted by molar-refractivity contribution is -0.332. The Labute approximate surface area is 429 Å². The monoisotopic (exact) mass is 1020 g/mol. The number of aliphatic hydroxyl groups is 7. The van der Waals surface area contributed by atoms with Gasteiger partial charge in [-0.3, -0.25) is 9.59 Å². The van der Waals surface area contributed by atoms with Crippen molar-refractivity contribution >= 4 is 11.9 Å². The van der Waals surface area contributed by atoms with Gasteiger partial charge in [-0.25, -0.2) is 0 Å². The van der Waals surface area contributed by atoms with Crippen molar-refractivity contribution in [3.8, 4) is 0 Å². The van der Waals surface area contributed by atoms with Crippen molar-refractivity contribution in [2.24, 2.45) is 0 Å². The summed E-state index contributed by atoms with van der Waals surface area (Å²) < 4.78 is 33.7. The average Bonchev–Trinajstić information content (AvgIpc) is 3.36. The molecule has 2 heterocycles. The average molecular weight is 1020 g/mol. The van der Waals surface area contributed by atoms with Gasteiger partial charge in [0.15, 0.2) is 18.7 Å². The van der Waals surface area contributed by atoms with Gasteiger partial charge in [-0.2, -0.15) is 0 Å². The van der Waals surface area contributed by atoms with Gasteiger partial charge < -0.3 is 64.2 Å². The third-order valence-electron chi connectivity index (χ3n) is 14.3. The van der Waals surface area contributed by atoms with E-state index in [0.29, 0.717) is 12.8 Å². The summed E-state index contributed by atoms with van der Waals surface area (Å²) in [7, 11) is 0. The summed E-state index contributed by atoms with van der Waals surface area (Å²) in [4.78, 5) is 25.9. The van der Waals surface area contributed by atoms with Crippen molar-refractivity contribution in [3.63, 3.8) is 0 Å². The Morgan fingerprint density at radius 1 is 0.394 bits per heavy atom. The molecule has 0 bridgehead atoms. The number of aliphatic hydroxyl groups excluding tert-OH is 7. The molecule has 0 radical (unpaired) electrons. The summed E-state index contributed by atoms with van der Waals surface area (Å²) in [5.41, 5.74) is 0. The van der Waals surface area contributed by atoms with Crippen molar-refractivity contribution in [2.45, 2.75) is 319 Å². The fourth-order valence-electron chi connectivity index (χ4n) is 9.57. The molecule has 2 fully saturated rings. The van der Waals surface area contributed by atoms with Crippen LogP contribution in [0.4, 0.5) is 0 Å². The predicted octanol–water partition coefficient (Wildman–Crippen LogP) is 9.56. The molecule has 2 aliphatic heterocycles. The molecule has 0 aromatic rings. The van der Waals surface area contributed by atoms with Crippen LogP contribution in [0.3, 0.4) is 0 Å². The highest BCUT2D eigenvalue weighted by Crippen LogP contribution is 2.27. The molecule has 0 spiro atoms. The number of carbonyl (C=O) groups is 2. The molecule has 2 aliphatic rings. The molecule has 71 heavy (non-hydrogen) atoms. The molecule has 11 atom stereocenters. The van der Waals surface area contributed by atoms with Crippen LogP contribution in [0.2, 0.25) is 0 Å². The maximum Gasteiger partial charge on any atom is 0.306 e. The fourth-order valence-corrected chi connectivity index (χ4v) is 9.57. The Balaban J connectivity index is 1.73. The summed E-state index contributed by atoms with van der Waals surface area (Å²) in [6.07, 6.45) is 27.0. The Bertz CT molecular complexity index is 1240. The summed E-state index contributed by atoms with van der Waals surface area (Å²) in [6.45, 7) is 2.65. The van der Waals surface area contributed by atoms with Crippen molar-refractivity contribution in [2.75, 3.05) is 26.4 Å². The SMILES string of the molecule is CCCCCCCCCCCCCCCCCCCCCCC(=O)OC[C@@H](CO[C@@H]1O[C@H](CO[C@@H]2O[C@H](CO)[C@H](O)C(O)C2O)[C@H](O)C(O)C1O)OC(=O)CCCCCCCCCCCCCCCCC. The minimum atomic E-state index is -1.76. The van der Waals surface area contributed by atoms with E-state index in [1.54, 1.807) is 0 Å². The van der Waals surface area contributed by atoms with E-state index in [4.69, 9.17) is 28.4 Å². The number of unbranched alkanes of at least 4 members (excludes halogenated alkanes) is 33. The first-order valence-corrected chi connectivity index (χ1v) is 29.1. The Morgan fingerprint density at radius 3 is 1.10 bits per heavy atom. The van der Waals surface area contributed by atoms with E-state index in [-0.39, 0.29) is 26.1 Å². The van der Waals surface area contributed by atoms with Gasteiger partial charge in [-0.15, -0.1) is 0 Å². The van der Waals surface area contributed by atoms with Crippen LogP contribution in [0, 0.1) is 0 Å². The minimum absolute atomic E-state index is 0.174. The molecule has 15 heteroatoms. The standard InChI is InChI=1S/C56H106O15/c1-3-5-7-9-11-13-15-17-19-20-21-22-23-25-26-28-30-32-34-36-38-47(58)66-41-44(69-48(59)39-37-35-33-31-29-27-24-18-16-14-12-10-8-6-4-2)42-67-55-54(65)52(63)50(61)46(71-55)43-68-56-53(64)51(62)49(60)45(40-57)70-56/h44-46,49-57,60-65H,3-43H2,1-2H3/t44-,45+,46+,49-,50-,51?,52?,53?,54?,55+,56+/m0/s1. The zero-order valence-corrected chi connectivity index (χ0v) is 44.7. The van der Waals surface area contributed by atoms with E-state index in [1.165, 1.54) is 173 Å². The Hall–Kier alpha value is -1.50. The van der Waals surface area contributed by atoms with Crippen LogP contribution < -0.4 is 0 Å². The van der Waals surface area contributed by atoms with Crippen molar-refractivity contribution in [3.05, 3.63) is 0 Å². The van der Waals surface area contributed by atoms with Gasteiger partial charge in [0, 0.05) is 12.8 Å². The molecule has 15 nitrogen and oxygen atoms in total. The van der Waals surface area contributed by atoms with Crippen LogP contribution in [0.15, 0.2) is 0 Å². The molecule has 420 valence electrons. The van der Waals surface area contributed by atoms with Crippen LogP contribution in [0.5, 0.6) is 0 Å². The maximum absolute atomic E-state index is 13.0. The maximum atomic E-state index is 13.0. The van der Waals surface area contributed by atoms with Gasteiger partial charge in [0.2, 0.25) is 0 Å². The zero-order valence-electron chi connectivity index (χ0n) is 44.7. The molecule has 0 saturated carbocycles. The van der Waals surface area contributed by atoms with Gasteiger partial charge in [0.05, 0.1) is 19.8 Å². The number of carbonyl (C=O) groups excluding carboxylic acids is 2. The molecule has 0 aromatic carbocycles. The van der Waals surface area contributed by atoms with E-state index < -0.39 is 92.7 Å². The lowest BCUT2D eigenvalue weighted by atomic mass is 9.98. The first-order chi connectivity index (χ1) is 34.5. The van der Waals surface area contributed by atoms with Crippen LogP contribution in [0.1, 0.15) is 251 Å². The molecule has 2 rings (SSSR count). The molecule has 0 aliphatic carbocycles. The zero-order chi connectivity index (χ0) is 51.7. The third-order valence-corrected chi connectivity index (χ3v) is 14.3. The fraction of sp³-hybridized carbons (Fsp3) is 0.964. The first-order valence-electron chi connectivity index (χ1n) is 29.1. The smallest absolute Gasteiger partial charge is 0.306 e. The summed E-state index contributed by atoms with van der Waals surface area (Å²) in [6, 6.07) is 0. The number of hydrogen-bond donors (Lipinski definition) is 7. The normalized spacial score (nSPS) is 25.1. The van der Waals surface area contributed by atoms with Crippen LogP contribution in [-0.4, -0.2) is 142 Å². The van der Waals surface area contributed by atoms with Gasteiger partial charge >= 0.3 is 11.9 Å². The molecule has 0 amide bonds. The number of esters is 2. The second-order valence-corrected chi connectivity index (χ2v) is 20.8. The molecule has 0 aromatic heterocycles. The highest BCUT2D eigenvalue weighted by atomic mass is 16.7. The van der Waals surface area contributed by atoms with E-state index in [1.807, 2.05) is 0 Å². The van der Waals surface area contributed by atoms with Crippen molar-refractivity contribution in [1.82, 2.24) is 0 Å². The molecular formula is C56H106O15. The Morgan fingerprint density at radius 2 is 0.718 bits per heavy atom. The third kappa shape index (κ3) is 31.2. The van der Waals surface area contributed by atoms with Gasteiger partial charge in [0.25, 0.3) is 0 Å². The highest BCUT2D eigenvalue weighted by Gasteiger charge is 2.47. The topological polar surface area (TPSA) is 231 Å². The van der Waals surface area contributed by atoms with Crippen LogP contribution in [0.25, 0.3) is 0 Å². The summed E-state index contributed by atoms with van der Waals surface area (Å²) in [5.74, 6) is -0.904. The number of rotatable bonds is 47. The van der Waals surface area contributed by atoms with Crippen LogP contribution >= 0.6 is 0 Å². The van der Waals surface area contributed by atoms with Crippen LogP contribution in [-0.2, 0) is 38.0 Å². The largest absolute Gasteiger partial charge is 0.462 e. The first kappa shape index (κ1) is 65.6. The lowest BCUT2D eigenvalue weighted by Crippen LogP contribution is -2.61. The second kappa shape index (κ2) is 43.7. The Kier molecular flexibility index (Phi) is 40.4. The van der Waals surface area contributed by atoms with Gasteiger partial charge in [0.1, 0.15) is 55.4 Å². The number of hydrogen-bond acceptors (Lipinski definition) is 15. The number of ether oxygens (including phenoxy) is 6. The van der Waals surface area contributed by atoms with Gasteiger partial charge in [-0.1, -0.05) is 226 Å².